The van der Waals surface area contributed by atoms with Crippen LogP contribution in [-0.2, 0) is 38.8 Å². The van der Waals surface area contributed by atoms with E-state index in [9.17, 15) is 4.79 Å². The predicted octanol–water partition coefficient (Wildman–Crippen LogP) is 2.90. The molecule has 0 aromatic carbocycles. The maximum Gasteiger partial charge on any atom is 0.267 e. The van der Waals surface area contributed by atoms with Crippen LogP contribution in [0, 0.1) is 5.92 Å². The van der Waals surface area contributed by atoms with Crippen molar-refractivity contribution >= 4 is 0 Å². The fourth-order valence-corrected chi connectivity index (χ4v) is 5.09. The molecule has 0 bridgehead atoms. The molecule has 0 saturated carbocycles. The van der Waals surface area contributed by atoms with E-state index in [1.54, 1.807) is 4.68 Å². The molecule has 1 saturated heterocycles. The summed E-state index contributed by atoms with van der Waals surface area (Å²) >= 11 is 0. The second-order valence-corrected chi connectivity index (χ2v) is 8.80. The van der Waals surface area contributed by atoms with Crippen LogP contribution in [0.25, 0.3) is 0 Å². The van der Waals surface area contributed by atoms with Crippen LogP contribution >= 0.6 is 0 Å². The van der Waals surface area contributed by atoms with E-state index in [2.05, 4.69) is 10.1 Å². The third-order valence-electron chi connectivity index (χ3n) is 6.82. The summed E-state index contributed by atoms with van der Waals surface area (Å²) in [6.45, 7) is 3.79. The number of aromatic nitrogens is 3. The zero-order chi connectivity index (χ0) is 18.9. The molecule has 2 aromatic heterocycles. The topological polar surface area (TPSA) is 64.2 Å². The van der Waals surface area contributed by atoms with Gasteiger partial charge in [0.15, 0.2) is 0 Å². The second kappa shape index (κ2) is 7.82. The fourth-order valence-electron chi connectivity index (χ4n) is 5.09. The fraction of sp³-hybridized carbons (Fsp3) is 0.682. The SMILES string of the molecule is O=c1cc2c(nn1CC1CCN(Cc3noc4c3CCCC4)CC1)CCCC2. The van der Waals surface area contributed by atoms with E-state index >= 15 is 0 Å². The molecule has 2 aliphatic carbocycles. The Morgan fingerprint density at radius 2 is 1.82 bits per heavy atom. The molecule has 150 valence electrons. The first-order valence-electron chi connectivity index (χ1n) is 11.0. The molecule has 6 heteroatoms. The molecule has 2 aromatic rings. The van der Waals surface area contributed by atoms with E-state index in [-0.39, 0.29) is 5.56 Å². The first kappa shape index (κ1) is 18.1. The first-order chi connectivity index (χ1) is 13.8. The van der Waals surface area contributed by atoms with Gasteiger partial charge in [0.2, 0.25) is 0 Å². The average Bonchev–Trinajstić information content (AvgIpc) is 3.13. The smallest absolute Gasteiger partial charge is 0.267 e. The van der Waals surface area contributed by atoms with Gasteiger partial charge in [-0.1, -0.05) is 5.16 Å². The summed E-state index contributed by atoms with van der Waals surface area (Å²) in [5, 5.41) is 9.06. The Hall–Kier alpha value is -1.95. The van der Waals surface area contributed by atoms with Crippen LogP contribution in [0.2, 0.25) is 0 Å². The van der Waals surface area contributed by atoms with Gasteiger partial charge in [-0.15, -0.1) is 0 Å². The van der Waals surface area contributed by atoms with Gasteiger partial charge in [-0.3, -0.25) is 9.69 Å². The standard InChI is InChI=1S/C22H30N4O2/c27-22-13-17-5-1-3-7-19(17)23-26(22)14-16-9-11-25(12-10-16)15-20-18-6-2-4-8-21(18)28-24-20/h13,16H,1-12,14-15H2. The van der Waals surface area contributed by atoms with E-state index in [1.165, 1.54) is 36.8 Å². The van der Waals surface area contributed by atoms with Crippen LogP contribution < -0.4 is 5.56 Å². The van der Waals surface area contributed by atoms with Crippen molar-refractivity contribution in [2.24, 2.45) is 5.92 Å². The van der Waals surface area contributed by atoms with E-state index in [4.69, 9.17) is 9.62 Å². The molecule has 1 fully saturated rings. The van der Waals surface area contributed by atoms with E-state index in [0.717, 1.165) is 81.9 Å². The molecule has 3 aliphatic rings. The number of likely N-dealkylation sites (tertiary alicyclic amines) is 1. The van der Waals surface area contributed by atoms with Crippen LogP contribution in [0.1, 0.15) is 66.8 Å². The lowest BCUT2D eigenvalue weighted by Crippen LogP contribution is -2.37. The van der Waals surface area contributed by atoms with Gasteiger partial charge in [0.1, 0.15) is 11.5 Å². The molecule has 3 heterocycles. The van der Waals surface area contributed by atoms with E-state index in [1.807, 2.05) is 6.07 Å². The summed E-state index contributed by atoms with van der Waals surface area (Å²) in [5.41, 5.74) is 4.94. The Morgan fingerprint density at radius 3 is 2.71 bits per heavy atom. The zero-order valence-electron chi connectivity index (χ0n) is 16.7. The molecule has 1 aliphatic heterocycles. The lowest BCUT2D eigenvalue weighted by atomic mass is 9.94. The summed E-state index contributed by atoms with van der Waals surface area (Å²) in [7, 11) is 0. The highest BCUT2D eigenvalue weighted by molar-refractivity contribution is 5.25. The van der Waals surface area contributed by atoms with Gasteiger partial charge in [-0.2, -0.15) is 5.10 Å². The molecule has 6 nitrogen and oxygen atoms in total. The van der Waals surface area contributed by atoms with Gasteiger partial charge < -0.3 is 4.52 Å². The summed E-state index contributed by atoms with van der Waals surface area (Å²) in [6, 6.07) is 1.84. The number of rotatable bonds is 4. The van der Waals surface area contributed by atoms with Crippen molar-refractivity contribution in [1.82, 2.24) is 19.8 Å². The predicted molar refractivity (Wildman–Crippen MR) is 106 cm³/mol. The molecule has 0 amide bonds. The Morgan fingerprint density at radius 1 is 1.04 bits per heavy atom. The summed E-state index contributed by atoms with van der Waals surface area (Å²) < 4.78 is 7.30. The molecular formula is C22H30N4O2. The van der Waals surface area contributed by atoms with Gasteiger partial charge in [0.25, 0.3) is 5.56 Å². The Kier molecular flexibility index (Phi) is 5.05. The second-order valence-electron chi connectivity index (χ2n) is 8.80. The van der Waals surface area contributed by atoms with E-state index in [0.29, 0.717) is 5.92 Å². The molecule has 0 radical (unpaired) electrons. The highest BCUT2D eigenvalue weighted by atomic mass is 16.5. The third-order valence-corrected chi connectivity index (χ3v) is 6.82. The van der Waals surface area contributed by atoms with Crippen molar-refractivity contribution < 1.29 is 4.52 Å². The summed E-state index contributed by atoms with van der Waals surface area (Å²) in [5.74, 6) is 1.66. The molecular weight excluding hydrogens is 352 g/mol. The molecule has 5 rings (SSSR count). The number of aryl methyl sites for hydroxylation is 3. The van der Waals surface area contributed by atoms with Crippen molar-refractivity contribution in [3.8, 4) is 0 Å². The maximum atomic E-state index is 12.4. The molecule has 28 heavy (non-hydrogen) atoms. The minimum Gasteiger partial charge on any atom is -0.361 e. The zero-order valence-corrected chi connectivity index (χ0v) is 16.7. The normalized spacial score (nSPS) is 20.7. The minimum atomic E-state index is 0.0808. The monoisotopic (exact) mass is 382 g/mol. The average molecular weight is 383 g/mol. The molecule has 0 atom stereocenters. The maximum absolute atomic E-state index is 12.4. The number of hydrogen-bond acceptors (Lipinski definition) is 5. The number of nitrogens with zero attached hydrogens (tertiary/aromatic N) is 4. The Bertz CT molecular complexity index is 892. The Labute approximate surface area is 165 Å². The van der Waals surface area contributed by atoms with Crippen molar-refractivity contribution in [3.05, 3.63) is 44.7 Å². The van der Waals surface area contributed by atoms with Crippen LogP contribution in [0.3, 0.4) is 0 Å². The third kappa shape index (κ3) is 3.66. The molecule has 0 spiro atoms. The minimum absolute atomic E-state index is 0.0808. The number of fused-ring (bicyclic) bond motifs is 2. The van der Waals surface area contributed by atoms with Crippen molar-refractivity contribution in [2.45, 2.75) is 77.3 Å². The van der Waals surface area contributed by atoms with Gasteiger partial charge in [-0.25, -0.2) is 4.68 Å². The van der Waals surface area contributed by atoms with Crippen LogP contribution in [0.5, 0.6) is 0 Å². The van der Waals surface area contributed by atoms with Gasteiger partial charge >= 0.3 is 0 Å². The van der Waals surface area contributed by atoms with Gasteiger partial charge in [0.05, 0.1) is 5.69 Å². The summed E-state index contributed by atoms with van der Waals surface area (Å²) in [6.07, 6.45) is 11.3. The highest BCUT2D eigenvalue weighted by Crippen LogP contribution is 2.27. The first-order valence-corrected chi connectivity index (χ1v) is 11.0. The van der Waals surface area contributed by atoms with Crippen LogP contribution in [0.15, 0.2) is 15.4 Å². The largest absolute Gasteiger partial charge is 0.361 e. The lowest BCUT2D eigenvalue weighted by Gasteiger charge is -2.31. The Balaban J connectivity index is 1.19. The van der Waals surface area contributed by atoms with Crippen LogP contribution in [-0.4, -0.2) is 32.9 Å². The quantitative estimate of drug-likeness (QED) is 0.814. The van der Waals surface area contributed by atoms with Gasteiger partial charge in [0, 0.05) is 31.1 Å². The van der Waals surface area contributed by atoms with Crippen LogP contribution in [0.4, 0.5) is 0 Å². The molecule has 0 N–H and O–H groups in total. The van der Waals surface area contributed by atoms with Gasteiger partial charge in [-0.05, 0) is 82.4 Å². The number of piperidine rings is 1. The molecule has 0 unspecified atom stereocenters. The highest BCUT2D eigenvalue weighted by Gasteiger charge is 2.25. The van der Waals surface area contributed by atoms with Crippen molar-refractivity contribution in [1.29, 1.82) is 0 Å². The summed E-state index contributed by atoms with van der Waals surface area (Å²) in [4.78, 5) is 14.9. The van der Waals surface area contributed by atoms with E-state index < -0.39 is 0 Å². The van der Waals surface area contributed by atoms with Crippen molar-refractivity contribution in [2.75, 3.05) is 13.1 Å². The lowest BCUT2D eigenvalue weighted by molar-refractivity contribution is 0.159. The van der Waals surface area contributed by atoms with Crippen molar-refractivity contribution in [3.63, 3.8) is 0 Å². The number of hydrogen-bond donors (Lipinski definition) is 0.